The van der Waals surface area contributed by atoms with E-state index in [9.17, 15) is 0 Å². The summed E-state index contributed by atoms with van der Waals surface area (Å²) in [6, 6.07) is 3.83. The molecule has 1 saturated carbocycles. The average molecular weight is 240 g/mol. The van der Waals surface area contributed by atoms with E-state index in [0.717, 1.165) is 18.2 Å². The Balaban J connectivity index is 1.92. The van der Waals surface area contributed by atoms with Crippen LogP contribution in [0.1, 0.15) is 32.1 Å². The number of halogens is 1. The summed E-state index contributed by atoms with van der Waals surface area (Å²) < 4.78 is 0. The Morgan fingerprint density at radius 1 is 1.31 bits per heavy atom. The molecule has 0 unspecified atom stereocenters. The van der Waals surface area contributed by atoms with E-state index in [2.05, 4.69) is 15.5 Å². The van der Waals surface area contributed by atoms with E-state index in [1.165, 1.54) is 32.1 Å². The van der Waals surface area contributed by atoms with Crippen LogP contribution in [0, 0.1) is 5.41 Å². The Kier molecular flexibility index (Phi) is 3.99. The molecule has 1 N–H and O–H groups in total. The zero-order chi connectivity index (χ0) is 11.3. The molecule has 0 spiro atoms. The number of nitrogens with one attached hydrogen (secondary N) is 1. The van der Waals surface area contributed by atoms with Crippen molar-refractivity contribution in [3.05, 3.63) is 18.3 Å². The average Bonchev–Trinajstić information content (AvgIpc) is 2.39. The molecule has 2 rings (SSSR count). The molecular formula is C12H18ClN3. The molecule has 0 aromatic carbocycles. The first kappa shape index (κ1) is 11.6. The van der Waals surface area contributed by atoms with Crippen molar-refractivity contribution in [1.82, 2.24) is 10.2 Å². The van der Waals surface area contributed by atoms with Crippen LogP contribution in [0.15, 0.2) is 18.3 Å². The lowest BCUT2D eigenvalue weighted by Gasteiger charge is -2.35. The zero-order valence-electron chi connectivity index (χ0n) is 9.45. The van der Waals surface area contributed by atoms with Gasteiger partial charge in [0.2, 0.25) is 0 Å². The van der Waals surface area contributed by atoms with Gasteiger partial charge in [-0.1, -0.05) is 19.3 Å². The highest BCUT2D eigenvalue weighted by Gasteiger charge is 2.30. The second-order valence-corrected chi connectivity index (χ2v) is 4.92. The van der Waals surface area contributed by atoms with E-state index in [1.54, 1.807) is 6.20 Å². The maximum absolute atomic E-state index is 6.13. The van der Waals surface area contributed by atoms with Crippen molar-refractivity contribution >= 4 is 17.4 Å². The van der Waals surface area contributed by atoms with Gasteiger partial charge < -0.3 is 5.32 Å². The number of alkyl halides is 1. The van der Waals surface area contributed by atoms with Gasteiger partial charge >= 0.3 is 0 Å². The number of anilines is 1. The molecule has 0 amide bonds. The lowest BCUT2D eigenvalue weighted by Crippen LogP contribution is -2.34. The first-order valence-corrected chi connectivity index (χ1v) is 6.46. The van der Waals surface area contributed by atoms with Gasteiger partial charge in [0.15, 0.2) is 0 Å². The number of aromatic nitrogens is 2. The summed E-state index contributed by atoms with van der Waals surface area (Å²) >= 11 is 6.13. The fraction of sp³-hybridized carbons (Fsp3) is 0.667. The Morgan fingerprint density at radius 3 is 2.75 bits per heavy atom. The van der Waals surface area contributed by atoms with Crippen LogP contribution in [0.3, 0.4) is 0 Å². The van der Waals surface area contributed by atoms with Gasteiger partial charge in [-0.25, -0.2) is 0 Å². The molecule has 0 atom stereocenters. The Morgan fingerprint density at radius 2 is 2.12 bits per heavy atom. The molecule has 0 saturated heterocycles. The highest BCUT2D eigenvalue weighted by atomic mass is 35.5. The molecule has 88 valence electrons. The lowest BCUT2D eigenvalue weighted by molar-refractivity contribution is 0.238. The Bertz CT molecular complexity index is 309. The van der Waals surface area contributed by atoms with Crippen molar-refractivity contribution in [3.63, 3.8) is 0 Å². The predicted octanol–water partition coefficient (Wildman–Crippen LogP) is 3.08. The van der Waals surface area contributed by atoms with E-state index < -0.39 is 0 Å². The third-order valence-electron chi connectivity index (χ3n) is 3.41. The Hall–Kier alpha value is -0.830. The number of nitrogens with zero attached hydrogens (tertiary/aromatic N) is 2. The van der Waals surface area contributed by atoms with Gasteiger partial charge in [-0.05, 0) is 25.0 Å². The van der Waals surface area contributed by atoms with Crippen LogP contribution in [0.5, 0.6) is 0 Å². The minimum absolute atomic E-state index is 0.261. The van der Waals surface area contributed by atoms with Crippen LogP contribution in [0.2, 0.25) is 0 Å². The van der Waals surface area contributed by atoms with E-state index in [4.69, 9.17) is 11.6 Å². The van der Waals surface area contributed by atoms with Crippen LogP contribution in [0.25, 0.3) is 0 Å². The van der Waals surface area contributed by atoms with Crippen molar-refractivity contribution in [1.29, 1.82) is 0 Å². The number of hydrogen-bond donors (Lipinski definition) is 1. The summed E-state index contributed by atoms with van der Waals surface area (Å²) in [5, 5.41) is 11.2. The van der Waals surface area contributed by atoms with Gasteiger partial charge in [0.1, 0.15) is 5.82 Å². The Labute approximate surface area is 102 Å². The fourth-order valence-electron chi connectivity index (χ4n) is 2.33. The SMILES string of the molecule is ClCC1(CNc2cccnn2)CCCCC1. The van der Waals surface area contributed by atoms with Crippen molar-refractivity contribution in [3.8, 4) is 0 Å². The number of hydrogen-bond acceptors (Lipinski definition) is 3. The minimum atomic E-state index is 0.261. The molecule has 1 aromatic rings. The summed E-state index contributed by atoms with van der Waals surface area (Å²) in [6.45, 7) is 0.912. The predicted molar refractivity (Wildman–Crippen MR) is 66.8 cm³/mol. The van der Waals surface area contributed by atoms with Crippen molar-refractivity contribution in [2.24, 2.45) is 5.41 Å². The molecule has 3 nitrogen and oxygen atoms in total. The molecule has 4 heteroatoms. The van der Waals surface area contributed by atoms with E-state index >= 15 is 0 Å². The smallest absolute Gasteiger partial charge is 0.148 e. The maximum Gasteiger partial charge on any atom is 0.148 e. The van der Waals surface area contributed by atoms with Crippen LogP contribution < -0.4 is 5.32 Å². The second-order valence-electron chi connectivity index (χ2n) is 4.66. The van der Waals surface area contributed by atoms with Gasteiger partial charge in [0.25, 0.3) is 0 Å². The van der Waals surface area contributed by atoms with Gasteiger partial charge in [0.05, 0.1) is 0 Å². The summed E-state index contributed by atoms with van der Waals surface area (Å²) in [6.07, 6.45) is 8.09. The van der Waals surface area contributed by atoms with E-state index in [-0.39, 0.29) is 5.41 Å². The van der Waals surface area contributed by atoms with Gasteiger partial charge in [-0.3, -0.25) is 0 Å². The standard InChI is InChI=1S/C12H18ClN3/c13-9-12(6-2-1-3-7-12)10-14-11-5-4-8-15-16-11/h4-5,8H,1-3,6-7,9-10H2,(H,14,16). The summed E-state index contributed by atoms with van der Waals surface area (Å²) in [7, 11) is 0. The van der Waals surface area contributed by atoms with Crippen LogP contribution in [-0.2, 0) is 0 Å². The maximum atomic E-state index is 6.13. The highest BCUT2D eigenvalue weighted by Crippen LogP contribution is 2.37. The van der Waals surface area contributed by atoms with Gasteiger partial charge in [-0.2, -0.15) is 5.10 Å². The van der Waals surface area contributed by atoms with E-state index in [0.29, 0.717) is 0 Å². The normalized spacial score (nSPS) is 19.3. The van der Waals surface area contributed by atoms with Crippen molar-refractivity contribution in [2.45, 2.75) is 32.1 Å². The van der Waals surface area contributed by atoms with Gasteiger partial charge in [-0.15, -0.1) is 16.7 Å². The highest BCUT2D eigenvalue weighted by molar-refractivity contribution is 6.18. The third kappa shape index (κ3) is 2.85. The first-order chi connectivity index (χ1) is 7.85. The van der Waals surface area contributed by atoms with Crippen molar-refractivity contribution in [2.75, 3.05) is 17.7 Å². The summed E-state index contributed by atoms with van der Waals surface area (Å²) in [5.41, 5.74) is 0.261. The molecule has 1 aliphatic carbocycles. The molecule has 1 fully saturated rings. The molecular weight excluding hydrogens is 222 g/mol. The summed E-state index contributed by atoms with van der Waals surface area (Å²) in [4.78, 5) is 0. The molecule has 1 aliphatic rings. The molecule has 1 heterocycles. The van der Waals surface area contributed by atoms with Crippen molar-refractivity contribution < 1.29 is 0 Å². The molecule has 1 aromatic heterocycles. The largest absolute Gasteiger partial charge is 0.368 e. The monoisotopic (exact) mass is 239 g/mol. The summed E-state index contributed by atoms with van der Waals surface area (Å²) in [5.74, 6) is 1.58. The molecule has 16 heavy (non-hydrogen) atoms. The van der Waals surface area contributed by atoms with Crippen LogP contribution in [0.4, 0.5) is 5.82 Å². The minimum Gasteiger partial charge on any atom is -0.368 e. The van der Waals surface area contributed by atoms with E-state index in [1.807, 2.05) is 12.1 Å². The quantitative estimate of drug-likeness (QED) is 0.821. The van der Waals surface area contributed by atoms with Crippen LogP contribution >= 0.6 is 11.6 Å². The fourth-order valence-corrected chi connectivity index (χ4v) is 2.70. The molecule has 0 radical (unpaired) electrons. The molecule has 0 aliphatic heterocycles. The first-order valence-electron chi connectivity index (χ1n) is 5.92. The second kappa shape index (κ2) is 5.48. The van der Waals surface area contributed by atoms with Crippen LogP contribution in [-0.4, -0.2) is 22.6 Å². The zero-order valence-corrected chi connectivity index (χ0v) is 10.2. The topological polar surface area (TPSA) is 37.8 Å². The number of rotatable bonds is 4. The lowest BCUT2D eigenvalue weighted by atomic mass is 9.75. The molecule has 0 bridgehead atoms. The van der Waals surface area contributed by atoms with Gasteiger partial charge in [0, 0.05) is 24.0 Å². The third-order valence-corrected chi connectivity index (χ3v) is 3.98.